The number of hydrogen-bond donors (Lipinski definition) is 2. The van der Waals surface area contributed by atoms with Crippen LogP contribution in [-0.4, -0.2) is 28.2 Å². The van der Waals surface area contributed by atoms with Crippen LogP contribution < -0.4 is 10.5 Å². The monoisotopic (exact) mass is 392 g/mol. The van der Waals surface area contributed by atoms with Gasteiger partial charge in [0, 0.05) is 17.6 Å². The molecule has 1 atom stereocenters. The van der Waals surface area contributed by atoms with Crippen molar-refractivity contribution in [2.45, 2.75) is 38.6 Å². The number of ether oxygens (including phenoxy) is 1. The average Bonchev–Trinajstić information content (AvgIpc) is 3.26. The Hall–Kier alpha value is -3.28. The van der Waals surface area contributed by atoms with Crippen LogP contribution in [0.1, 0.15) is 41.6 Å². The molecule has 150 valence electrons. The highest BCUT2D eigenvalue weighted by atomic mass is 16.5. The van der Waals surface area contributed by atoms with Gasteiger partial charge in [0.2, 0.25) is 5.91 Å². The lowest BCUT2D eigenvalue weighted by molar-refractivity contribution is -0.139. The Bertz CT molecular complexity index is 1080. The first-order chi connectivity index (χ1) is 14.0. The van der Waals surface area contributed by atoms with Crippen LogP contribution >= 0.6 is 0 Å². The summed E-state index contributed by atoms with van der Waals surface area (Å²) in [5.74, 6) is -1.30. The van der Waals surface area contributed by atoms with Gasteiger partial charge in [0.25, 0.3) is 0 Å². The van der Waals surface area contributed by atoms with E-state index in [-0.39, 0.29) is 11.8 Å². The Morgan fingerprint density at radius 2 is 1.90 bits per heavy atom. The number of aryl methyl sites for hydroxylation is 1. The molecule has 1 unspecified atom stereocenters. The number of primary amides is 1. The van der Waals surface area contributed by atoms with Crippen molar-refractivity contribution in [2.75, 3.05) is 6.61 Å². The van der Waals surface area contributed by atoms with Gasteiger partial charge in [0.1, 0.15) is 5.75 Å². The summed E-state index contributed by atoms with van der Waals surface area (Å²) >= 11 is 0. The molecule has 0 saturated carbocycles. The predicted molar refractivity (Wildman–Crippen MR) is 110 cm³/mol. The third-order valence-corrected chi connectivity index (χ3v) is 5.69. The Balaban J connectivity index is 1.85. The minimum atomic E-state index is -1.04. The van der Waals surface area contributed by atoms with Gasteiger partial charge in [-0.1, -0.05) is 37.3 Å². The van der Waals surface area contributed by atoms with Gasteiger partial charge in [-0.05, 0) is 48.1 Å². The number of fused-ring (bicyclic) bond motifs is 3. The summed E-state index contributed by atoms with van der Waals surface area (Å²) in [6.07, 6.45) is 2.41. The van der Waals surface area contributed by atoms with E-state index in [1.54, 1.807) is 6.07 Å². The number of benzene rings is 2. The lowest BCUT2D eigenvalue weighted by Gasteiger charge is -2.12. The summed E-state index contributed by atoms with van der Waals surface area (Å²) in [6, 6.07) is 14.1. The number of hydrogen-bond acceptors (Lipinski definition) is 3. The standard InChI is InChI=1S/C23H24N2O4/c1-2-14-6-8-15(9-7-14)12-25-17-4-3-5-19(29-13-20(26)27)22(17)21-16(23(24)28)10-11-18(21)25/h3-9,16H,2,10-13H2,1H3,(H2,24,28)(H,26,27). The highest BCUT2D eigenvalue weighted by molar-refractivity contribution is 5.97. The summed E-state index contributed by atoms with van der Waals surface area (Å²) < 4.78 is 7.77. The lowest BCUT2D eigenvalue weighted by Crippen LogP contribution is -2.19. The van der Waals surface area contributed by atoms with Gasteiger partial charge < -0.3 is 20.1 Å². The number of rotatable bonds is 7. The van der Waals surface area contributed by atoms with Crippen LogP contribution in [0.2, 0.25) is 0 Å². The van der Waals surface area contributed by atoms with E-state index in [4.69, 9.17) is 15.6 Å². The van der Waals surface area contributed by atoms with E-state index in [0.717, 1.165) is 35.0 Å². The maximum Gasteiger partial charge on any atom is 0.341 e. The molecule has 3 N–H and O–H groups in total. The van der Waals surface area contributed by atoms with Crippen molar-refractivity contribution in [3.05, 3.63) is 64.8 Å². The molecule has 0 fully saturated rings. The molecule has 6 heteroatoms. The maximum atomic E-state index is 12.1. The van der Waals surface area contributed by atoms with Gasteiger partial charge in [-0.3, -0.25) is 4.79 Å². The molecule has 1 aromatic heterocycles. The fourth-order valence-electron chi connectivity index (χ4n) is 4.31. The number of amides is 1. The fraction of sp³-hybridized carbons (Fsp3) is 0.304. The molecule has 4 rings (SSSR count). The Morgan fingerprint density at radius 1 is 1.17 bits per heavy atom. The van der Waals surface area contributed by atoms with E-state index in [1.165, 1.54) is 11.1 Å². The van der Waals surface area contributed by atoms with Crippen molar-refractivity contribution in [1.29, 1.82) is 0 Å². The van der Waals surface area contributed by atoms with E-state index in [0.29, 0.717) is 18.7 Å². The van der Waals surface area contributed by atoms with Gasteiger partial charge in [0.05, 0.1) is 11.4 Å². The SMILES string of the molecule is CCc1ccc(Cn2c3c(c4c(OCC(=O)O)cccc42)C(C(N)=O)CC3)cc1. The van der Waals surface area contributed by atoms with Gasteiger partial charge in [-0.2, -0.15) is 0 Å². The molecule has 1 aliphatic carbocycles. The quantitative estimate of drug-likeness (QED) is 0.645. The molecule has 3 aromatic rings. The third-order valence-electron chi connectivity index (χ3n) is 5.69. The molecule has 0 spiro atoms. The molecule has 1 heterocycles. The third kappa shape index (κ3) is 3.46. The number of carboxylic acid groups (broad SMARTS) is 1. The number of aromatic nitrogens is 1. The molecule has 0 aliphatic heterocycles. The Labute approximate surface area is 168 Å². The topological polar surface area (TPSA) is 94.6 Å². The van der Waals surface area contributed by atoms with Crippen molar-refractivity contribution in [3.63, 3.8) is 0 Å². The summed E-state index contributed by atoms with van der Waals surface area (Å²) in [6.45, 7) is 2.37. The summed E-state index contributed by atoms with van der Waals surface area (Å²) in [5.41, 5.74) is 11.0. The number of aliphatic carboxylic acids is 1. The second-order valence-corrected chi connectivity index (χ2v) is 7.44. The van der Waals surface area contributed by atoms with Crippen molar-refractivity contribution in [1.82, 2.24) is 4.57 Å². The van der Waals surface area contributed by atoms with Gasteiger partial charge >= 0.3 is 5.97 Å². The van der Waals surface area contributed by atoms with Crippen LogP contribution in [0.25, 0.3) is 10.9 Å². The molecule has 0 bridgehead atoms. The van der Waals surface area contributed by atoms with E-state index < -0.39 is 12.6 Å². The molecule has 1 aliphatic rings. The van der Waals surface area contributed by atoms with Gasteiger partial charge in [0.15, 0.2) is 6.61 Å². The lowest BCUT2D eigenvalue weighted by atomic mass is 9.99. The van der Waals surface area contributed by atoms with Crippen LogP contribution in [-0.2, 0) is 29.0 Å². The van der Waals surface area contributed by atoms with Crippen LogP contribution in [0, 0.1) is 0 Å². The number of nitrogens with two attached hydrogens (primary N) is 1. The summed E-state index contributed by atoms with van der Waals surface area (Å²) in [4.78, 5) is 23.1. The second-order valence-electron chi connectivity index (χ2n) is 7.44. The maximum absolute atomic E-state index is 12.1. The number of carbonyl (C=O) groups excluding carboxylic acids is 1. The van der Waals surface area contributed by atoms with Crippen LogP contribution in [0.15, 0.2) is 42.5 Å². The average molecular weight is 392 g/mol. The normalized spacial score (nSPS) is 15.4. The smallest absolute Gasteiger partial charge is 0.341 e. The van der Waals surface area contributed by atoms with E-state index in [2.05, 4.69) is 35.8 Å². The van der Waals surface area contributed by atoms with Crippen LogP contribution in [0.3, 0.4) is 0 Å². The summed E-state index contributed by atoms with van der Waals surface area (Å²) in [5, 5.41) is 9.82. The molecule has 1 amide bonds. The predicted octanol–water partition coefficient (Wildman–Crippen LogP) is 3.23. The largest absolute Gasteiger partial charge is 0.481 e. The highest BCUT2D eigenvalue weighted by Gasteiger charge is 2.34. The van der Waals surface area contributed by atoms with E-state index in [9.17, 15) is 9.59 Å². The number of carboxylic acids is 1. The molecular weight excluding hydrogens is 368 g/mol. The first-order valence-electron chi connectivity index (χ1n) is 9.85. The van der Waals surface area contributed by atoms with Crippen molar-refractivity contribution in [3.8, 4) is 5.75 Å². The fourth-order valence-corrected chi connectivity index (χ4v) is 4.31. The number of carbonyl (C=O) groups is 2. The van der Waals surface area contributed by atoms with Crippen molar-refractivity contribution in [2.24, 2.45) is 5.73 Å². The van der Waals surface area contributed by atoms with Crippen molar-refractivity contribution >= 4 is 22.8 Å². The Morgan fingerprint density at radius 3 is 2.55 bits per heavy atom. The second kappa shape index (κ2) is 7.62. The highest BCUT2D eigenvalue weighted by Crippen LogP contribution is 2.44. The molecule has 6 nitrogen and oxygen atoms in total. The van der Waals surface area contributed by atoms with Gasteiger partial charge in [-0.15, -0.1) is 0 Å². The molecule has 0 radical (unpaired) electrons. The van der Waals surface area contributed by atoms with E-state index >= 15 is 0 Å². The first kappa shape index (κ1) is 19.1. The molecule has 29 heavy (non-hydrogen) atoms. The summed E-state index contributed by atoms with van der Waals surface area (Å²) in [7, 11) is 0. The zero-order chi connectivity index (χ0) is 20.5. The Kier molecular flexibility index (Phi) is 5.01. The zero-order valence-electron chi connectivity index (χ0n) is 16.4. The molecule has 2 aromatic carbocycles. The zero-order valence-corrected chi connectivity index (χ0v) is 16.4. The molecular formula is C23H24N2O4. The minimum absolute atomic E-state index is 0.358. The number of nitrogens with zero attached hydrogens (tertiary/aromatic N) is 1. The van der Waals surface area contributed by atoms with Crippen molar-refractivity contribution < 1.29 is 19.4 Å². The van der Waals surface area contributed by atoms with Crippen LogP contribution in [0.5, 0.6) is 5.75 Å². The van der Waals surface area contributed by atoms with Crippen LogP contribution in [0.4, 0.5) is 0 Å². The minimum Gasteiger partial charge on any atom is -0.481 e. The van der Waals surface area contributed by atoms with E-state index in [1.807, 2.05) is 12.1 Å². The first-order valence-corrected chi connectivity index (χ1v) is 9.85. The van der Waals surface area contributed by atoms with Gasteiger partial charge in [-0.25, -0.2) is 4.79 Å². The molecule has 0 saturated heterocycles.